The van der Waals surface area contributed by atoms with Crippen LogP contribution < -0.4 is 10.2 Å². The lowest BCUT2D eigenvalue weighted by atomic mass is 9.97. The number of aliphatic hydroxyl groups excluding tert-OH is 6. The molecule has 1 aromatic heterocycles. The van der Waals surface area contributed by atoms with E-state index in [-0.39, 0.29) is 16.9 Å². The van der Waals surface area contributed by atoms with Gasteiger partial charge >= 0.3 is 0 Å². The highest BCUT2D eigenvalue weighted by Crippen LogP contribution is 2.40. The molecule has 2 fully saturated rings. The molecule has 0 saturated carbocycles. The molecule has 234 valence electrons. The zero-order chi connectivity index (χ0) is 31.3. The first-order valence-corrected chi connectivity index (χ1v) is 13.0. The van der Waals surface area contributed by atoms with E-state index in [0.717, 1.165) is 24.3 Å². The van der Waals surface area contributed by atoms with Gasteiger partial charge in [0.25, 0.3) is 0 Å². The first-order chi connectivity index (χ1) is 20.3. The van der Waals surface area contributed by atoms with Gasteiger partial charge in [-0.25, -0.2) is 0 Å². The molecule has 0 aliphatic carbocycles. The average molecular weight is 611 g/mol. The SMILES string of the molecule is CC1O[C@@H](Oc2c(-c3ccc(O)c(O)c3)oc3cc(O)cc(O)c3c2=O)[C@@H](O[C@@H]2OC(CO)[C@@H](O)[C@H](O)C2O)C(O)[C@H]1O. The summed E-state index contributed by atoms with van der Waals surface area (Å²) in [5, 5.41) is 101. The molecule has 0 bridgehead atoms. The van der Waals surface area contributed by atoms with Crippen LogP contribution >= 0.6 is 0 Å². The van der Waals surface area contributed by atoms with Gasteiger partial charge in [0.1, 0.15) is 59.1 Å². The molecule has 2 aromatic carbocycles. The molecule has 3 heterocycles. The van der Waals surface area contributed by atoms with E-state index in [1.165, 1.54) is 13.0 Å². The van der Waals surface area contributed by atoms with Gasteiger partial charge in [-0.2, -0.15) is 0 Å². The molecule has 3 aromatic rings. The Morgan fingerprint density at radius 2 is 1.51 bits per heavy atom. The van der Waals surface area contributed by atoms with Crippen molar-refractivity contribution in [1.29, 1.82) is 0 Å². The second kappa shape index (κ2) is 11.8. The van der Waals surface area contributed by atoms with E-state index in [0.29, 0.717) is 0 Å². The van der Waals surface area contributed by atoms with Crippen LogP contribution in [0.3, 0.4) is 0 Å². The van der Waals surface area contributed by atoms with Crippen LogP contribution in [0.2, 0.25) is 0 Å². The number of aromatic hydroxyl groups is 4. The van der Waals surface area contributed by atoms with E-state index in [2.05, 4.69) is 0 Å². The highest BCUT2D eigenvalue weighted by molar-refractivity contribution is 5.88. The van der Waals surface area contributed by atoms with Crippen molar-refractivity contribution in [2.24, 2.45) is 0 Å². The molecule has 10 N–H and O–H groups in total. The van der Waals surface area contributed by atoms with Gasteiger partial charge in [-0.1, -0.05) is 0 Å². The summed E-state index contributed by atoms with van der Waals surface area (Å²) in [5.74, 6) is -3.29. The number of fused-ring (bicyclic) bond motifs is 1. The van der Waals surface area contributed by atoms with Crippen LogP contribution in [0.1, 0.15) is 6.92 Å². The van der Waals surface area contributed by atoms with Crippen molar-refractivity contribution in [2.75, 3.05) is 6.61 Å². The van der Waals surface area contributed by atoms with Crippen molar-refractivity contribution in [1.82, 2.24) is 0 Å². The number of aliphatic hydroxyl groups is 6. The van der Waals surface area contributed by atoms with Gasteiger partial charge in [0.2, 0.25) is 17.5 Å². The fourth-order valence-electron chi connectivity index (χ4n) is 4.92. The van der Waals surface area contributed by atoms with Crippen molar-refractivity contribution in [3.63, 3.8) is 0 Å². The lowest BCUT2D eigenvalue weighted by Gasteiger charge is -2.45. The zero-order valence-electron chi connectivity index (χ0n) is 22.3. The van der Waals surface area contributed by atoms with Crippen LogP contribution in [-0.4, -0.2) is 119 Å². The maximum Gasteiger partial charge on any atom is 0.239 e. The molecule has 4 unspecified atom stereocenters. The molecule has 16 heteroatoms. The lowest BCUT2D eigenvalue weighted by Crippen LogP contribution is -2.64. The number of phenols is 4. The molecule has 2 aliphatic heterocycles. The highest BCUT2D eigenvalue weighted by atomic mass is 16.8. The van der Waals surface area contributed by atoms with E-state index < -0.39 is 108 Å². The topological polar surface area (TPSA) is 269 Å². The summed E-state index contributed by atoms with van der Waals surface area (Å²) < 4.78 is 28.3. The second-order valence-corrected chi connectivity index (χ2v) is 10.2. The number of hydrogen-bond donors (Lipinski definition) is 10. The maximum absolute atomic E-state index is 13.7. The van der Waals surface area contributed by atoms with Gasteiger partial charge in [-0.3, -0.25) is 4.79 Å². The monoisotopic (exact) mass is 610 g/mol. The van der Waals surface area contributed by atoms with Gasteiger partial charge in [0, 0.05) is 17.7 Å². The van der Waals surface area contributed by atoms with Crippen molar-refractivity contribution in [3.05, 3.63) is 40.6 Å². The van der Waals surface area contributed by atoms with Gasteiger partial charge in [0.05, 0.1) is 12.7 Å². The molecule has 43 heavy (non-hydrogen) atoms. The highest BCUT2D eigenvalue weighted by Gasteiger charge is 2.51. The number of rotatable bonds is 6. The number of phenolic OH excluding ortho intramolecular Hbond substituents is 4. The molecule has 2 saturated heterocycles. The normalized spacial score (nSPS) is 33.0. The summed E-state index contributed by atoms with van der Waals surface area (Å²) in [7, 11) is 0. The van der Waals surface area contributed by atoms with Crippen molar-refractivity contribution < 1.29 is 74.4 Å². The molecule has 10 atom stereocenters. The Kier molecular flexibility index (Phi) is 8.41. The zero-order valence-corrected chi connectivity index (χ0v) is 22.3. The molecular weight excluding hydrogens is 580 g/mol. The van der Waals surface area contributed by atoms with Crippen LogP contribution in [0.4, 0.5) is 0 Å². The van der Waals surface area contributed by atoms with Gasteiger partial charge in [0.15, 0.2) is 29.7 Å². The molecule has 0 spiro atoms. The van der Waals surface area contributed by atoms with Gasteiger partial charge in [-0.05, 0) is 25.1 Å². The Bertz CT molecular complexity index is 1540. The van der Waals surface area contributed by atoms with Gasteiger partial charge < -0.3 is 74.4 Å². The first kappa shape index (κ1) is 30.7. The van der Waals surface area contributed by atoms with Crippen molar-refractivity contribution in [3.8, 4) is 40.1 Å². The van der Waals surface area contributed by atoms with E-state index in [1.807, 2.05) is 0 Å². The molecule has 5 rings (SSSR count). The lowest BCUT2D eigenvalue weighted by molar-refractivity contribution is -0.355. The Labute approximate surface area is 241 Å². The number of ether oxygens (including phenoxy) is 4. The third kappa shape index (κ3) is 5.55. The molecule has 0 amide bonds. The summed E-state index contributed by atoms with van der Waals surface area (Å²) in [6.45, 7) is 0.582. The smallest absolute Gasteiger partial charge is 0.239 e. The molecule has 2 aliphatic rings. The molecule has 16 nitrogen and oxygen atoms in total. The summed E-state index contributed by atoms with van der Waals surface area (Å²) in [6.07, 6.45) is -16.8. The quantitative estimate of drug-likeness (QED) is 0.140. The Balaban J connectivity index is 1.60. The summed E-state index contributed by atoms with van der Waals surface area (Å²) in [5.41, 5.74) is -1.33. The minimum atomic E-state index is -1.91. The van der Waals surface area contributed by atoms with Crippen molar-refractivity contribution in [2.45, 2.75) is 68.3 Å². The Hall–Kier alpha value is -3.71. The predicted molar refractivity (Wildman–Crippen MR) is 140 cm³/mol. The third-order valence-electron chi connectivity index (χ3n) is 7.31. The summed E-state index contributed by atoms with van der Waals surface area (Å²) in [6, 6.07) is 5.27. The summed E-state index contributed by atoms with van der Waals surface area (Å²) >= 11 is 0. The second-order valence-electron chi connectivity index (χ2n) is 10.2. The van der Waals surface area contributed by atoms with Crippen LogP contribution in [-0.2, 0) is 14.2 Å². The fraction of sp³-hybridized carbons (Fsp3) is 0.444. The largest absolute Gasteiger partial charge is 0.508 e. The first-order valence-electron chi connectivity index (χ1n) is 13.0. The van der Waals surface area contributed by atoms with E-state index in [9.17, 15) is 55.9 Å². The maximum atomic E-state index is 13.7. The van der Waals surface area contributed by atoms with Crippen LogP contribution in [0.15, 0.2) is 39.5 Å². The standard InChI is InChI=1S/C27H30O16/c1-8-17(33)21(37)25(43-26-22(38)20(36)18(34)15(7-28)41-26)27(39-8)42-24-19(35)16-13(32)5-10(29)6-14(16)40-23(24)9-2-3-11(30)12(31)4-9/h2-6,8,15,17-18,20-22,25-34,36-38H,7H2,1H3/t8?,15?,17-,18+,20-,21?,22?,25-,26-,27-/m0/s1. The molecular formula is C27H30O16. The minimum Gasteiger partial charge on any atom is -0.508 e. The van der Waals surface area contributed by atoms with Crippen molar-refractivity contribution >= 4 is 11.0 Å². The number of benzene rings is 2. The van der Waals surface area contributed by atoms with Crippen LogP contribution in [0.5, 0.6) is 28.7 Å². The molecule has 0 radical (unpaired) electrons. The van der Waals surface area contributed by atoms with Crippen LogP contribution in [0, 0.1) is 0 Å². The average Bonchev–Trinajstić information content (AvgIpc) is 2.96. The van der Waals surface area contributed by atoms with E-state index >= 15 is 0 Å². The minimum absolute atomic E-state index is 0.0250. The Morgan fingerprint density at radius 1 is 0.791 bits per heavy atom. The predicted octanol–water partition coefficient (Wildman–Crippen LogP) is -1.69. The Morgan fingerprint density at radius 3 is 2.19 bits per heavy atom. The number of hydrogen-bond acceptors (Lipinski definition) is 16. The van der Waals surface area contributed by atoms with E-state index in [4.69, 9.17) is 23.4 Å². The van der Waals surface area contributed by atoms with Gasteiger partial charge in [-0.15, -0.1) is 0 Å². The van der Waals surface area contributed by atoms with Crippen LogP contribution in [0.25, 0.3) is 22.3 Å². The van der Waals surface area contributed by atoms with E-state index in [1.54, 1.807) is 0 Å². The fourth-order valence-corrected chi connectivity index (χ4v) is 4.92. The summed E-state index contributed by atoms with van der Waals surface area (Å²) in [4.78, 5) is 13.7. The third-order valence-corrected chi connectivity index (χ3v) is 7.31.